The molecule has 4 rings (SSSR count). The second-order valence-electron chi connectivity index (χ2n) is 9.71. The van der Waals surface area contributed by atoms with E-state index in [1.807, 2.05) is 0 Å². The van der Waals surface area contributed by atoms with Gasteiger partial charge in [-0.2, -0.15) is 6.08 Å². The van der Waals surface area contributed by atoms with Crippen LogP contribution in [-0.4, -0.2) is 0 Å². The second-order valence-corrected chi connectivity index (χ2v) is 9.71. The molecule has 2 aliphatic rings. The molecule has 2 aromatic rings. The zero-order valence-corrected chi connectivity index (χ0v) is 22.1. The van der Waals surface area contributed by atoms with Crippen molar-refractivity contribution in [2.45, 2.75) is 64.7 Å². The molecule has 2 aliphatic carbocycles. The zero-order chi connectivity index (χ0) is 18.7. The topological polar surface area (TPSA) is 0 Å². The Hall–Kier alpha value is -0.617. The molecular weight excluding hydrogens is 474 g/mol. The Balaban J connectivity index is 0.00000140. The van der Waals surface area contributed by atoms with Crippen LogP contribution in [0, 0.1) is 6.08 Å². The van der Waals surface area contributed by atoms with Gasteiger partial charge in [-0.1, -0.05) is 77.9 Å². The van der Waals surface area contributed by atoms with Gasteiger partial charge in [0.1, 0.15) is 0 Å². The van der Waals surface area contributed by atoms with Crippen LogP contribution in [0.1, 0.15) is 76.1 Å². The molecule has 1 atom stereocenters. The number of hydrogen-bond donors (Lipinski definition) is 0. The second kappa shape index (κ2) is 9.25. The molecule has 2 aromatic carbocycles. The van der Waals surface area contributed by atoms with Crippen molar-refractivity contribution in [2.24, 2.45) is 0 Å². The number of halogens is 2. The summed E-state index contributed by atoms with van der Waals surface area (Å²) in [5, 5.41) is 0. The van der Waals surface area contributed by atoms with E-state index in [0.29, 0.717) is 5.92 Å². The Morgan fingerprint density at radius 1 is 0.828 bits per heavy atom. The van der Waals surface area contributed by atoms with Crippen molar-refractivity contribution in [1.29, 1.82) is 0 Å². The van der Waals surface area contributed by atoms with Crippen molar-refractivity contribution in [3.8, 4) is 11.1 Å². The Labute approximate surface area is 208 Å². The molecule has 0 nitrogen and oxygen atoms in total. The summed E-state index contributed by atoms with van der Waals surface area (Å²) in [4.78, 5) is 0. The molecule has 0 aliphatic heterocycles. The van der Waals surface area contributed by atoms with E-state index in [0.717, 1.165) is 6.42 Å². The van der Waals surface area contributed by atoms with Crippen molar-refractivity contribution in [3.05, 3.63) is 82.5 Å². The van der Waals surface area contributed by atoms with Crippen LogP contribution in [0.15, 0.2) is 54.1 Å². The molecule has 0 N–H and O–H groups in total. The van der Waals surface area contributed by atoms with Gasteiger partial charge in [-0.3, -0.25) is 6.08 Å². The van der Waals surface area contributed by atoms with E-state index in [2.05, 4.69) is 96.2 Å². The quantitative estimate of drug-likeness (QED) is 0.512. The molecular formula is C26H29Cl2Zr. The minimum absolute atomic E-state index is 0. The summed E-state index contributed by atoms with van der Waals surface area (Å²) in [6.45, 7) is 14.1. The van der Waals surface area contributed by atoms with Crippen LogP contribution in [0.25, 0.3) is 11.1 Å². The average molecular weight is 504 g/mol. The molecule has 29 heavy (non-hydrogen) atoms. The molecule has 0 fully saturated rings. The molecule has 0 bridgehead atoms. The van der Waals surface area contributed by atoms with E-state index < -0.39 is 0 Å². The Morgan fingerprint density at radius 2 is 1.48 bits per heavy atom. The molecule has 0 heterocycles. The number of hydrogen-bond acceptors (Lipinski definition) is 0. The van der Waals surface area contributed by atoms with Crippen molar-refractivity contribution < 1.29 is 51.0 Å². The summed E-state index contributed by atoms with van der Waals surface area (Å²) >= 11 is 0. The largest absolute Gasteiger partial charge is 3.00 e. The first-order valence-corrected chi connectivity index (χ1v) is 9.74. The minimum Gasteiger partial charge on any atom is -1.00 e. The average Bonchev–Trinajstić information content (AvgIpc) is 3.17. The van der Waals surface area contributed by atoms with E-state index in [-0.39, 0.29) is 61.8 Å². The fourth-order valence-corrected chi connectivity index (χ4v) is 4.68. The molecule has 0 saturated heterocycles. The van der Waals surface area contributed by atoms with Crippen LogP contribution >= 0.6 is 0 Å². The van der Waals surface area contributed by atoms with Gasteiger partial charge in [0.05, 0.1) is 0 Å². The summed E-state index contributed by atoms with van der Waals surface area (Å²) in [7, 11) is 0. The Bertz CT molecular complexity index is 940. The number of fused-ring (bicyclic) bond motifs is 3. The van der Waals surface area contributed by atoms with Crippen LogP contribution in [0.4, 0.5) is 0 Å². The zero-order valence-electron chi connectivity index (χ0n) is 18.2. The van der Waals surface area contributed by atoms with Gasteiger partial charge in [0.15, 0.2) is 0 Å². The SMILES string of the molecule is CC(C)(C)c1ccc2c(c1C(C)(C)C)C(C1=[C-]CC=C1)c1ccccc1-2.[Cl-].[Cl-].[Zr+3]. The standard InChI is InChI=1S/C26H29.2ClH.Zr/c1-25(2,3)21-16-15-20-18-13-9-10-14-19(18)22(17-11-7-8-12-17)23(20)24(21)26(4,5)6;;;/h7,9-11,13-16,22H,8H2,1-6H3;2*1H;/q-1;;;+3/p-2. The van der Waals surface area contributed by atoms with Crippen molar-refractivity contribution in [2.75, 3.05) is 0 Å². The molecule has 1 unspecified atom stereocenters. The third-order valence-corrected chi connectivity index (χ3v) is 5.69. The van der Waals surface area contributed by atoms with Crippen LogP contribution in [0.2, 0.25) is 0 Å². The molecule has 0 spiro atoms. The summed E-state index contributed by atoms with van der Waals surface area (Å²) in [5.74, 6) is 0.316. The fourth-order valence-electron chi connectivity index (χ4n) is 4.68. The van der Waals surface area contributed by atoms with Gasteiger partial charge < -0.3 is 24.8 Å². The van der Waals surface area contributed by atoms with Gasteiger partial charge >= 0.3 is 26.2 Å². The molecule has 3 heteroatoms. The first-order chi connectivity index (χ1) is 12.2. The van der Waals surface area contributed by atoms with Crippen molar-refractivity contribution in [1.82, 2.24) is 0 Å². The van der Waals surface area contributed by atoms with Gasteiger partial charge in [-0.15, -0.1) is 6.42 Å². The van der Waals surface area contributed by atoms with Gasteiger partial charge in [-0.25, -0.2) is 11.6 Å². The smallest absolute Gasteiger partial charge is 1.00 e. The summed E-state index contributed by atoms with van der Waals surface area (Å²) in [6.07, 6.45) is 9.08. The number of benzene rings is 2. The monoisotopic (exact) mass is 501 g/mol. The van der Waals surface area contributed by atoms with Gasteiger partial charge in [-0.05, 0) is 44.2 Å². The predicted molar refractivity (Wildman–Crippen MR) is 112 cm³/mol. The molecule has 1 radical (unpaired) electrons. The first kappa shape index (κ1) is 26.4. The van der Waals surface area contributed by atoms with Gasteiger partial charge in [0.2, 0.25) is 0 Å². The Kier molecular flexibility index (Phi) is 8.43. The van der Waals surface area contributed by atoms with Crippen LogP contribution in [-0.2, 0) is 37.0 Å². The number of allylic oxidation sites excluding steroid dienone is 4. The number of rotatable bonds is 1. The first-order valence-electron chi connectivity index (χ1n) is 9.74. The van der Waals surface area contributed by atoms with E-state index in [1.165, 1.54) is 39.0 Å². The van der Waals surface area contributed by atoms with Gasteiger partial charge in [0.25, 0.3) is 0 Å². The maximum Gasteiger partial charge on any atom is 3.00 e. The Morgan fingerprint density at radius 3 is 2.03 bits per heavy atom. The summed E-state index contributed by atoms with van der Waals surface area (Å²) < 4.78 is 0. The van der Waals surface area contributed by atoms with Crippen LogP contribution < -0.4 is 24.8 Å². The molecule has 0 aromatic heterocycles. The van der Waals surface area contributed by atoms with E-state index in [1.54, 1.807) is 0 Å². The van der Waals surface area contributed by atoms with E-state index in [4.69, 9.17) is 0 Å². The van der Waals surface area contributed by atoms with Crippen LogP contribution in [0.3, 0.4) is 0 Å². The third kappa shape index (κ3) is 4.53. The van der Waals surface area contributed by atoms with Crippen molar-refractivity contribution in [3.63, 3.8) is 0 Å². The maximum absolute atomic E-state index is 3.62. The summed E-state index contributed by atoms with van der Waals surface area (Å²) in [6, 6.07) is 13.7. The molecule has 151 valence electrons. The van der Waals surface area contributed by atoms with Crippen LogP contribution in [0.5, 0.6) is 0 Å². The van der Waals surface area contributed by atoms with E-state index >= 15 is 0 Å². The molecule has 0 amide bonds. The summed E-state index contributed by atoms with van der Waals surface area (Å²) in [5.41, 5.74) is 10.3. The molecule has 0 saturated carbocycles. The minimum atomic E-state index is 0. The van der Waals surface area contributed by atoms with Crippen molar-refractivity contribution >= 4 is 0 Å². The fraction of sp³-hybridized carbons (Fsp3) is 0.385. The predicted octanol–water partition coefficient (Wildman–Crippen LogP) is 1.09. The third-order valence-electron chi connectivity index (χ3n) is 5.69. The van der Waals surface area contributed by atoms with Gasteiger partial charge in [0, 0.05) is 5.92 Å². The van der Waals surface area contributed by atoms with E-state index in [9.17, 15) is 0 Å². The maximum atomic E-state index is 3.62. The normalized spacial score (nSPS) is 16.8.